The summed E-state index contributed by atoms with van der Waals surface area (Å²) < 4.78 is 52.0. The Hall–Kier alpha value is -2.08. The van der Waals surface area contributed by atoms with Crippen LogP contribution in [0.3, 0.4) is 0 Å². The van der Waals surface area contributed by atoms with Crippen LogP contribution in [-0.4, -0.2) is 11.1 Å². The van der Waals surface area contributed by atoms with Crippen LogP contribution in [0.2, 0.25) is 5.02 Å². The summed E-state index contributed by atoms with van der Waals surface area (Å²) in [5.41, 5.74) is -2.07. The zero-order valence-electron chi connectivity index (χ0n) is 10.2. The molecule has 0 unspecified atom stereocenters. The number of alkyl halides is 3. The van der Waals surface area contributed by atoms with Gasteiger partial charge < -0.3 is 5.11 Å². The van der Waals surface area contributed by atoms with Crippen LogP contribution in [0.1, 0.15) is 15.9 Å². The summed E-state index contributed by atoms with van der Waals surface area (Å²) in [6, 6.07) is 6.29. The molecule has 2 rings (SSSR count). The summed E-state index contributed by atoms with van der Waals surface area (Å²) >= 11 is 5.67. The topological polar surface area (TPSA) is 37.3 Å². The van der Waals surface area contributed by atoms with Crippen LogP contribution in [0.15, 0.2) is 36.4 Å². The summed E-state index contributed by atoms with van der Waals surface area (Å²) in [6.45, 7) is 0. The Bertz CT molecular complexity index is 711. The first-order chi connectivity index (χ1) is 9.71. The molecule has 0 saturated carbocycles. The minimum absolute atomic E-state index is 0.000370. The molecular formula is C14H7ClF4O2. The molecule has 0 bridgehead atoms. The van der Waals surface area contributed by atoms with Crippen molar-refractivity contribution in [2.75, 3.05) is 0 Å². The first-order valence-electron chi connectivity index (χ1n) is 5.60. The third-order valence-electron chi connectivity index (χ3n) is 2.81. The van der Waals surface area contributed by atoms with Crippen LogP contribution in [-0.2, 0) is 6.18 Å². The molecule has 2 aromatic carbocycles. The lowest BCUT2D eigenvalue weighted by molar-refractivity contribution is -0.139. The Kier molecular flexibility index (Phi) is 3.91. The SMILES string of the molecule is O=C(O)c1cc(-c2cccc(C(F)(F)F)c2F)ccc1Cl. The van der Waals surface area contributed by atoms with E-state index in [1.807, 2.05) is 0 Å². The largest absolute Gasteiger partial charge is 0.478 e. The standard InChI is InChI=1S/C14H7ClF4O2/c15-11-5-4-7(6-9(11)13(20)21)8-2-1-3-10(12(8)16)14(17,18)19/h1-6H,(H,20,21). The second-order valence-electron chi connectivity index (χ2n) is 4.16. The molecular weight excluding hydrogens is 312 g/mol. The van der Waals surface area contributed by atoms with Crippen LogP contribution in [0, 0.1) is 5.82 Å². The average molecular weight is 319 g/mol. The van der Waals surface area contributed by atoms with Crippen molar-refractivity contribution >= 4 is 17.6 Å². The van der Waals surface area contributed by atoms with Gasteiger partial charge in [-0.05, 0) is 23.8 Å². The Morgan fingerprint density at radius 1 is 1.14 bits per heavy atom. The number of carboxylic acid groups (broad SMARTS) is 1. The van der Waals surface area contributed by atoms with Gasteiger partial charge in [-0.15, -0.1) is 0 Å². The van der Waals surface area contributed by atoms with Crippen molar-refractivity contribution in [3.05, 3.63) is 58.4 Å². The van der Waals surface area contributed by atoms with E-state index >= 15 is 0 Å². The molecule has 0 radical (unpaired) electrons. The molecule has 0 heterocycles. The minimum Gasteiger partial charge on any atom is -0.478 e. The van der Waals surface area contributed by atoms with E-state index < -0.39 is 23.5 Å². The quantitative estimate of drug-likeness (QED) is 0.803. The molecule has 2 aromatic rings. The van der Waals surface area contributed by atoms with Gasteiger partial charge in [0.1, 0.15) is 5.82 Å². The molecule has 0 aromatic heterocycles. The number of aromatic carboxylic acids is 1. The molecule has 0 atom stereocenters. The van der Waals surface area contributed by atoms with Gasteiger partial charge >= 0.3 is 12.1 Å². The molecule has 21 heavy (non-hydrogen) atoms. The Labute approximate surface area is 121 Å². The van der Waals surface area contributed by atoms with Gasteiger partial charge in [-0.1, -0.05) is 29.8 Å². The second-order valence-corrected chi connectivity index (χ2v) is 4.57. The summed E-state index contributed by atoms with van der Waals surface area (Å²) in [4.78, 5) is 11.0. The highest BCUT2D eigenvalue weighted by Crippen LogP contribution is 2.36. The molecule has 1 N–H and O–H groups in total. The fourth-order valence-electron chi connectivity index (χ4n) is 1.83. The van der Waals surface area contributed by atoms with Gasteiger partial charge in [-0.3, -0.25) is 0 Å². The van der Waals surface area contributed by atoms with Crippen LogP contribution in [0.5, 0.6) is 0 Å². The monoisotopic (exact) mass is 318 g/mol. The van der Waals surface area contributed by atoms with E-state index in [1.165, 1.54) is 12.1 Å². The van der Waals surface area contributed by atoms with Gasteiger partial charge in [0.05, 0.1) is 16.1 Å². The molecule has 0 aliphatic carbocycles. The van der Waals surface area contributed by atoms with Gasteiger partial charge in [0.15, 0.2) is 0 Å². The molecule has 2 nitrogen and oxygen atoms in total. The van der Waals surface area contributed by atoms with Crippen LogP contribution in [0.25, 0.3) is 11.1 Å². The molecule has 0 aliphatic rings. The van der Waals surface area contributed by atoms with E-state index in [9.17, 15) is 22.4 Å². The smallest absolute Gasteiger partial charge is 0.419 e. The lowest BCUT2D eigenvalue weighted by atomic mass is 10.00. The molecule has 0 aliphatic heterocycles. The first kappa shape index (κ1) is 15.3. The number of benzene rings is 2. The zero-order chi connectivity index (χ0) is 15.8. The maximum absolute atomic E-state index is 14.0. The summed E-state index contributed by atoms with van der Waals surface area (Å²) in [5, 5.41) is 8.85. The molecule has 0 spiro atoms. The van der Waals surface area contributed by atoms with Crippen molar-refractivity contribution in [2.24, 2.45) is 0 Å². The van der Waals surface area contributed by atoms with Crippen molar-refractivity contribution in [3.8, 4) is 11.1 Å². The summed E-state index contributed by atoms with van der Waals surface area (Å²) in [7, 11) is 0. The molecule has 0 saturated heterocycles. The van der Waals surface area contributed by atoms with Crippen molar-refractivity contribution < 1.29 is 27.5 Å². The number of rotatable bonds is 2. The predicted molar refractivity (Wildman–Crippen MR) is 68.8 cm³/mol. The number of carboxylic acids is 1. The minimum atomic E-state index is -4.83. The maximum atomic E-state index is 14.0. The van der Waals surface area contributed by atoms with E-state index in [0.717, 1.165) is 18.2 Å². The van der Waals surface area contributed by atoms with Crippen molar-refractivity contribution in [1.82, 2.24) is 0 Å². The van der Waals surface area contributed by atoms with Gasteiger partial charge in [0.2, 0.25) is 0 Å². The highest BCUT2D eigenvalue weighted by molar-refractivity contribution is 6.33. The van der Waals surface area contributed by atoms with Crippen molar-refractivity contribution in [3.63, 3.8) is 0 Å². The van der Waals surface area contributed by atoms with Gasteiger partial charge in [-0.2, -0.15) is 13.2 Å². The first-order valence-corrected chi connectivity index (χ1v) is 5.98. The van der Waals surface area contributed by atoms with E-state index in [4.69, 9.17) is 16.7 Å². The molecule has 0 amide bonds. The molecule has 110 valence electrons. The lowest BCUT2D eigenvalue weighted by Gasteiger charge is -2.12. The fourth-order valence-corrected chi connectivity index (χ4v) is 2.03. The van der Waals surface area contributed by atoms with Crippen LogP contribution < -0.4 is 0 Å². The fraction of sp³-hybridized carbons (Fsp3) is 0.0714. The summed E-state index contributed by atoms with van der Waals surface area (Å²) in [6.07, 6.45) is -4.83. The lowest BCUT2D eigenvalue weighted by Crippen LogP contribution is -2.09. The Morgan fingerprint density at radius 2 is 1.81 bits per heavy atom. The Balaban J connectivity index is 2.63. The van der Waals surface area contributed by atoms with E-state index in [-0.39, 0.29) is 21.7 Å². The van der Waals surface area contributed by atoms with Gasteiger partial charge in [0.25, 0.3) is 0 Å². The third-order valence-corrected chi connectivity index (χ3v) is 3.14. The average Bonchev–Trinajstić information content (AvgIpc) is 2.38. The van der Waals surface area contributed by atoms with Crippen molar-refractivity contribution in [1.29, 1.82) is 0 Å². The molecule has 0 fully saturated rings. The third kappa shape index (κ3) is 3.00. The highest BCUT2D eigenvalue weighted by atomic mass is 35.5. The number of hydrogen-bond acceptors (Lipinski definition) is 1. The van der Waals surface area contributed by atoms with E-state index in [1.54, 1.807) is 0 Å². The predicted octanol–water partition coefficient (Wildman–Crippen LogP) is 4.86. The summed E-state index contributed by atoms with van der Waals surface area (Å²) in [5.74, 6) is -2.81. The highest BCUT2D eigenvalue weighted by Gasteiger charge is 2.35. The number of halogens is 5. The second kappa shape index (κ2) is 5.37. The number of carbonyl (C=O) groups is 1. The van der Waals surface area contributed by atoms with Crippen LogP contribution in [0.4, 0.5) is 17.6 Å². The molecule has 7 heteroatoms. The Morgan fingerprint density at radius 3 is 2.38 bits per heavy atom. The number of hydrogen-bond donors (Lipinski definition) is 1. The zero-order valence-corrected chi connectivity index (χ0v) is 11.0. The van der Waals surface area contributed by atoms with Crippen molar-refractivity contribution in [2.45, 2.75) is 6.18 Å². The van der Waals surface area contributed by atoms with Gasteiger partial charge in [0, 0.05) is 5.56 Å². The van der Waals surface area contributed by atoms with Crippen LogP contribution >= 0.6 is 11.6 Å². The maximum Gasteiger partial charge on any atom is 0.419 e. The van der Waals surface area contributed by atoms with E-state index in [2.05, 4.69) is 0 Å². The van der Waals surface area contributed by atoms with E-state index in [0.29, 0.717) is 6.07 Å². The van der Waals surface area contributed by atoms with Gasteiger partial charge in [-0.25, -0.2) is 9.18 Å². The normalized spacial score (nSPS) is 11.5.